The molecule has 9 heteroatoms. The van der Waals surface area contributed by atoms with Gasteiger partial charge >= 0.3 is 5.97 Å². The van der Waals surface area contributed by atoms with Crippen LogP contribution in [0.15, 0.2) is 65.3 Å². The Balaban J connectivity index is 1.48. The minimum Gasteiger partial charge on any atom is -0.467 e. The number of hydrogen-bond donors (Lipinski definition) is 1. The molecule has 4 rings (SSSR count). The molecule has 1 aliphatic heterocycles. The van der Waals surface area contributed by atoms with E-state index in [4.69, 9.17) is 20.8 Å². The predicted molar refractivity (Wildman–Crippen MR) is 122 cm³/mol. The zero-order chi connectivity index (χ0) is 22.7. The number of benzene rings is 2. The third-order valence-corrected chi connectivity index (χ3v) is 6.55. The molecule has 164 valence electrons. The van der Waals surface area contributed by atoms with Gasteiger partial charge in [-0.2, -0.15) is 0 Å². The fourth-order valence-electron chi connectivity index (χ4n) is 3.33. The molecule has 2 aromatic carbocycles. The standard InChI is InChI=1S/C23H19ClN2O5S/c1-30-23(29)16-8-9-18(24)19(11-16)25-21(28)14-4-6-15(7-5-14)22-26(20(27)13-32-22)12-17-3-2-10-31-17/h2-11,22H,12-13H2,1H3,(H,25,28)/t22-/m0/s1. The predicted octanol–water partition coefficient (Wildman–Crippen LogP) is 4.75. The summed E-state index contributed by atoms with van der Waals surface area (Å²) in [6, 6.07) is 15.2. The second-order valence-corrected chi connectivity index (χ2v) is 8.50. The molecule has 0 saturated carbocycles. The van der Waals surface area contributed by atoms with E-state index in [1.807, 2.05) is 18.2 Å². The lowest BCUT2D eigenvalue weighted by Gasteiger charge is -2.23. The van der Waals surface area contributed by atoms with Gasteiger partial charge in [0, 0.05) is 5.56 Å². The number of carbonyl (C=O) groups is 3. The van der Waals surface area contributed by atoms with Gasteiger partial charge in [-0.15, -0.1) is 11.8 Å². The van der Waals surface area contributed by atoms with Crippen molar-refractivity contribution in [3.63, 3.8) is 0 Å². The lowest BCUT2D eigenvalue weighted by atomic mass is 10.1. The van der Waals surface area contributed by atoms with E-state index in [9.17, 15) is 14.4 Å². The van der Waals surface area contributed by atoms with E-state index in [0.717, 1.165) is 5.56 Å². The summed E-state index contributed by atoms with van der Waals surface area (Å²) in [4.78, 5) is 38.5. The fraction of sp³-hybridized carbons (Fsp3) is 0.174. The van der Waals surface area contributed by atoms with Gasteiger partial charge < -0.3 is 19.4 Å². The summed E-state index contributed by atoms with van der Waals surface area (Å²) >= 11 is 7.69. The Morgan fingerprint density at radius 1 is 1.19 bits per heavy atom. The summed E-state index contributed by atoms with van der Waals surface area (Å²) in [7, 11) is 1.28. The van der Waals surface area contributed by atoms with E-state index in [-0.39, 0.29) is 22.8 Å². The maximum absolute atomic E-state index is 12.7. The van der Waals surface area contributed by atoms with Crippen molar-refractivity contribution < 1.29 is 23.5 Å². The summed E-state index contributed by atoms with van der Waals surface area (Å²) < 4.78 is 10.1. The van der Waals surface area contributed by atoms with E-state index in [2.05, 4.69) is 5.32 Å². The highest BCUT2D eigenvalue weighted by Crippen LogP contribution is 2.39. The van der Waals surface area contributed by atoms with Gasteiger partial charge in [-0.05, 0) is 48.0 Å². The first kappa shape index (κ1) is 22.0. The van der Waals surface area contributed by atoms with E-state index >= 15 is 0 Å². The molecule has 32 heavy (non-hydrogen) atoms. The molecule has 0 bridgehead atoms. The van der Waals surface area contributed by atoms with Gasteiger partial charge in [-0.1, -0.05) is 23.7 Å². The normalized spacial score (nSPS) is 15.6. The van der Waals surface area contributed by atoms with E-state index < -0.39 is 5.97 Å². The molecule has 0 radical (unpaired) electrons. The first-order valence-corrected chi connectivity index (χ1v) is 11.1. The maximum Gasteiger partial charge on any atom is 0.337 e. The van der Waals surface area contributed by atoms with Crippen LogP contribution < -0.4 is 5.32 Å². The Labute approximate surface area is 193 Å². The van der Waals surface area contributed by atoms with Crippen molar-refractivity contribution in [3.05, 3.63) is 88.3 Å². The molecule has 7 nitrogen and oxygen atoms in total. The summed E-state index contributed by atoms with van der Waals surface area (Å²) in [6.07, 6.45) is 1.58. The third kappa shape index (κ3) is 4.66. The van der Waals surface area contributed by atoms with Crippen LogP contribution in [0.25, 0.3) is 0 Å². The average Bonchev–Trinajstić information content (AvgIpc) is 3.45. The van der Waals surface area contributed by atoms with Crippen LogP contribution in [0.4, 0.5) is 5.69 Å². The number of ether oxygens (including phenoxy) is 1. The van der Waals surface area contributed by atoms with Gasteiger partial charge in [0.15, 0.2) is 0 Å². The topological polar surface area (TPSA) is 88.8 Å². The van der Waals surface area contributed by atoms with E-state index in [1.54, 1.807) is 29.4 Å². The number of halogens is 1. The fourth-order valence-corrected chi connectivity index (χ4v) is 4.68. The molecule has 0 unspecified atom stereocenters. The number of carbonyl (C=O) groups excluding carboxylic acids is 3. The zero-order valence-corrected chi connectivity index (χ0v) is 18.6. The van der Waals surface area contributed by atoms with Crippen LogP contribution in [0.3, 0.4) is 0 Å². The maximum atomic E-state index is 12.7. The summed E-state index contributed by atoms with van der Waals surface area (Å²) in [6.45, 7) is 0.390. The van der Waals surface area contributed by atoms with Gasteiger partial charge in [-0.25, -0.2) is 4.79 Å². The Bertz CT molecular complexity index is 1150. The molecular weight excluding hydrogens is 452 g/mol. The molecule has 0 spiro atoms. The van der Waals surface area contributed by atoms with Crippen LogP contribution in [0.1, 0.15) is 37.4 Å². The third-order valence-electron chi connectivity index (χ3n) is 4.97. The minimum atomic E-state index is -0.524. The molecule has 1 aliphatic rings. The van der Waals surface area contributed by atoms with Crippen molar-refractivity contribution in [2.45, 2.75) is 11.9 Å². The van der Waals surface area contributed by atoms with Crippen molar-refractivity contribution in [2.24, 2.45) is 0 Å². The van der Waals surface area contributed by atoms with Crippen molar-refractivity contribution in [1.29, 1.82) is 0 Å². The molecule has 2 heterocycles. The van der Waals surface area contributed by atoms with Gasteiger partial charge in [-0.3, -0.25) is 9.59 Å². The number of anilines is 1. The highest BCUT2D eigenvalue weighted by molar-refractivity contribution is 8.00. The Morgan fingerprint density at radius 3 is 2.62 bits per heavy atom. The molecule has 1 N–H and O–H groups in total. The number of thioether (sulfide) groups is 1. The number of nitrogens with zero attached hydrogens (tertiary/aromatic N) is 1. The molecule has 1 fully saturated rings. The number of rotatable bonds is 6. The number of hydrogen-bond acceptors (Lipinski definition) is 6. The molecule has 0 aliphatic carbocycles. The second kappa shape index (κ2) is 9.50. The summed E-state index contributed by atoms with van der Waals surface area (Å²) in [5.74, 6) is 0.251. The molecular formula is C23H19ClN2O5S. The largest absolute Gasteiger partial charge is 0.467 e. The number of esters is 1. The highest BCUT2D eigenvalue weighted by Gasteiger charge is 2.33. The van der Waals surface area contributed by atoms with E-state index in [0.29, 0.717) is 34.3 Å². The van der Waals surface area contributed by atoms with Crippen LogP contribution >= 0.6 is 23.4 Å². The molecule has 1 aromatic heterocycles. The Kier molecular flexibility index (Phi) is 6.53. The molecule has 3 aromatic rings. The smallest absolute Gasteiger partial charge is 0.337 e. The summed E-state index contributed by atoms with van der Waals surface area (Å²) in [5.41, 5.74) is 1.92. The first-order chi connectivity index (χ1) is 15.5. The SMILES string of the molecule is COC(=O)c1ccc(Cl)c(NC(=O)c2ccc([C@@H]3SCC(=O)N3Cc3ccco3)cc2)c1. The van der Waals surface area contributed by atoms with Gasteiger partial charge in [0.2, 0.25) is 5.91 Å². The molecule has 1 saturated heterocycles. The number of methoxy groups -OCH3 is 1. The zero-order valence-electron chi connectivity index (χ0n) is 17.0. The number of amides is 2. The summed E-state index contributed by atoms with van der Waals surface area (Å²) in [5, 5.41) is 2.87. The lowest BCUT2D eigenvalue weighted by Crippen LogP contribution is -2.27. The van der Waals surface area contributed by atoms with Crippen LogP contribution in [0, 0.1) is 0 Å². The van der Waals surface area contributed by atoms with Crippen LogP contribution in [0.5, 0.6) is 0 Å². The Hall–Kier alpha value is -3.23. The monoisotopic (exact) mass is 470 g/mol. The second-order valence-electron chi connectivity index (χ2n) is 7.03. The average molecular weight is 471 g/mol. The molecule has 1 atom stereocenters. The van der Waals surface area contributed by atoms with Gasteiger partial charge in [0.05, 0.1) is 41.9 Å². The first-order valence-electron chi connectivity index (χ1n) is 9.69. The number of furan rings is 1. The van der Waals surface area contributed by atoms with Crippen molar-refractivity contribution in [1.82, 2.24) is 4.90 Å². The van der Waals surface area contributed by atoms with Crippen LogP contribution in [-0.4, -0.2) is 35.5 Å². The van der Waals surface area contributed by atoms with Crippen molar-refractivity contribution in [3.8, 4) is 0 Å². The van der Waals surface area contributed by atoms with Gasteiger partial charge in [0.1, 0.15) is 11.1 Å². The van der Waals surface area contributed by atoms with Crippen LogP contribution in [-0.2, 0) is 16.1 Å². The quantitative estimate of drug-likeness (QED) is 0.523. The van der Waals surface area contributed by atoms with E-state index in [1.165, 1.54) is 37.1 Å². The Morgan fingerprint density at radius 2 is 1.94 bits per heavy atom. The highest BCUT2D eigenvalue weighted by atomic mass is 35.5. The minimum absolute atomic E-state index is 0.0401. The number of nitrogens with one attached hydrogen (secondary N) is 1. The van der Waals surface area contributed by atoms with Gasteiger partial charge in [0.25, 0.3) is 5.91 Å². The van der Waals surface area contributed by atoms with Crippen molar-refractivity contribution >= 4 is 46.8 Å². The molecule has 2 amide bonds. The van der Waals surface area contributed by atoms with Crippen molar-refractivity contribution in [2.75, 3.05) is 18.2 Å². The van der Waals surface area contributed by atoms with Crippen LogP contribution in [0.2, 0.25) is 5.02 Å². The lowest BCUT2D eigenvalue weighted by molar-refractivity contribution is -0.128.